The van der Waals surface area contributed by atoms with Crippen LogP contribution < -0.4 is 10.9 Å². The van der Waals surface area contributed by atoms with Gasteiger partial charge in [-0.2, -0.15) is 0 Å². The first-order valence-corrected chi connectivity index (χ1v) is 10.4. The first kappa shape index (κ1) is 19.2. The third-order valence-electron chi connectivity index (χ3n) is 5.44. The Morgan fingerprint density at radius 3 is 2.76 bits per heavy atom. The quantitative estimate of drug-likeness (QED) is 0.436. The zero-order valence-corrected chi connectivity index (χ0v) is 16.9. The molecule has 4 aromatic rings. The van der Waals surface area contributed by atoms with Crippen LogP contribution in [0.1, 0.15) is 56.3 Å². The molecule has 0 bridgehead atoms. The largest absolute Gasteiger partial charge is 0.438 e. The fraction of sp³-hybridized carbons (Fsp3) is 0.333. The highest BCUT2D eigenvalue weighted by molar-refractivity contribution is 5.98. The Morgan fingerprint density at radius 2 is 1.93 bits per heavy atom. The molecular formula is C24H26N2O3. The van der Waals surface area contributed by atoms with Gasteiger partial charge in [0.05, 0.1) is 5.52 Å². The summed E-state index contributed by atoms with van der Waals surface area (Å²) >= 11 is 0. The van der Waals surface area contributed by atoms with E-state index in [1.807, 2.05) is 31.2 Å². The fourth-order valence-corrected chi connectivity index (χ4v) is 3.83. The van der Waals surface area contributed by atoms with E-state index in [2.05, 4.69) is 12.2 Å². The number of benzene rings is 2. The van der Waals surface area contributed by atoms with Crippen molar-refractivity contribution in [3.63, 3.8) is 0 Å². The van der Waals surface area contributed by atoms with E-state index < -0.39 is 0 Å². The molecule has 0 aliphatic carbocycles. The number of pyridine rings is 1. The summed E-state index contributed by atoms with van der Waals surface area (Å²) in [5, 5.41) is 4.53. The molecule has 0 aliphatic rings. The highest BCUT2D eigenvalue weighted by Gasteiger charge is 2.15. The van der Waals surface area contributed by atoms with Gasteiger partial charge in [-0.3, -0.25) is 9.59 Å². The number of hydrogen-bond donors (Lipinski definition) is 1. The lowest BCUT2D eigenvalue weighted by molar-refractivity contribution is 0.0938. The van der Waals surface area contributed by atoms with E-state index in [9.17, 15) is 9.59 Å². The fourth-order valence-electron chi connectivity index (χ4n) is 3.83. The Hall–Kier alpha value is -3.08. The molecule has 0 aliphatic heterocycles. The lowest BCUT2D eigenvalue weighted by atomic mass is 10.1. The van der Waals surface area contributed by atoms with Crippen LogP contribution in [0.25, 0.3) is 27.6 Å². The Morgan fingerprint density at radius 1 is 1.10 bits per heavy atom. The summed E-state index contributed by atoms with van der Waals surface area (Å²) in [5.74, 6) is -0.127. The number of carbonyl (C=O) groups excluding carboxylic acids is 1. The first-order valence-electron chi connectivity index (χ1n) is 10.4. The molecule has 0 unspecified atom stereocenters. The highest BCUT2D eigenvalue weighted by atomic mass is 16.3. The van der Waals surface area contributed by atoms with Crippen molar-refractivity contribution in [2.45, 2.75) is 52.0 Å². The van der Waals surface area contributed by atoms with E-state index in [-0.39, 0.29) is 17.5 Å². The van der Waals surface area contributed by atoms with Gasteiger partial charge in [-0.15, -0.1) is 0 Å². The topological polar surface area (TPSA) is 63.7 Å². The van der Waals surface area contributed by atoms with Crippen molar-refractivity contribution >= 4 is 33.5 Å². The number of nitrogens with zero attached hydrogens (tertiary/aromatic N) is 1. The standard InChI is InChI=1S/C24H26N2O3/c1-3-4-5-6-9-16(2)25-23(27)18-12-13-21-20(14-18)26-22(29-21)15-17-10-7-8-11-19(17)24(26)28/h7-8,10-16H,3-6,9H2,1-2H3,(H,25,27)/t16-/m1/s1. The molecule has 0 saturated heterocycles. The van der Waals surface area contributed by atoms with Crippen molar-refractivity contribution in [3.8, 4) is 0 Å². The molecule has 2 aromatic heterocycles. The summed E-state index contributed by atoms with van der Waals surface area (Å²) in [7, 11) is 0. The summed E-state index contributed by atoms with van der Waals surface area (Å²) in [6.07, 6.45) is 5.71. The lowest BCUT2D eigenvalue weighted by Crippen LogP contribution is -2.32. The second-order valence-electron chi connectivity index (χ2n) is 7.72. The Kier molecular flexibility index (Phi) is 5.38. The van der Waals surface area contributed by atoms with Gasteiger partial charge >= 0.3 is 0 Å². The number of fused-ring (bicyclic) bond motifs is 4. The van der Waals surface area contributed by atoms with Crippen LogP contribution in [0, 0.1) is 0 Å². The maximum absolute atomic E-state index is 13.0. The van der Waals surface area contributed by atoms with E-state index >= 15 is 0 Å². The third kappa shape index (κ3) is 3.77. The van der Waals surface area contributed by atoms with Crippen LogP contribution in [0.5, 0.6) is 0 Å². The SMILES string of the molecule is CCCCCC[C@@H](C)NC(=O)c1ccc2oc3cc4ccccc4c(=O)n3c2c1. The molecule has 1 atom stereocenters. The monoisotopic (exact) mass is 390 g/mol. The van der Waals surface area contributed by atoms with E-state index in [4.69, 9.17) is 4.42 Å². The molecule has 0 fully saturated rings. The van der Waals surface area contributed by atoms with Crippen molar-refractivity contribution in [1.29, 1.82) is 0 Å². The number of nitrogens with one attached hydrogen (secondary N) is 1. The minimum absolute atomic E-state index is 0.114. The molecular weight excluding hydrogens is 364 g/mol. The maximum Gasteiger partial charge on any atom is 0.265 e. The number of unbranched alkanes of at least 4 members (excludes halogenated alkanes) is 3. The van der Waals surface area contributed by atoms with Gasteiger partial charge < -0.3 is 9.73 Å². The zero-order valence-electron chi connectivity index (χ0n) is 16.9. The number of oxazole rings is 1. The number of hydrogen-bond acceptors (Lipinski definition) is 3. The van der Waals surface area contributed by atoms with Crippen LogP contribution in [0.2, 0.25) is 0 Å². The van der Waals surface area contributed by atoms with Gasteiger partial charge in [0.2, 0.25) is 5.71 Å². The van der Waals surface area contributed by atoms with Gasteiger partial charge in [-0.1, -0.05) is 50.8 Å². The number of amides is 1. The van der Waals surface area contributed by atoms with Crippen molar-refractivity contribution in [2.24, 2.45) is 0 Å². The Bertz CT molecular complexity index is 1240. The van der Waals surface area contributed by atoms with E-state index in [1.165, 1.54) is 19.3 Å². The number of carbonyl (C=O) groups is 1. The predicted molar refractivity (Wildman–Crippen MR) is 117 cm³/mol. The molecule has 1 N–H and O–H groups in total. The summed E-state index contributed by atoms with van der Waals surface area (Å²) in [5.41, 5.74) is 2.06. The van der Waals surface area contributed by atoms with Gasteiger partial charge in [0.15, 0.2) is 5.58 Å². The average molecular weight is 390 g/mol. The van der Waals surface area contributed by atoms with E-state index in [1.54, 1.807) is 28.7 Å². The normalized spacial score (nSPS) is 12.6. The van der Waals surface area contributed by atoms with Gasteiger partial charge in [-0.05, 0) is 43.0 Å². The summed E-state index contributed by atoms with van der Waals surface area (Å²) < 4.78 is 7.41. The second kappa shape index (κ2) is 8.11. The molecule has 2 heterocycles. The summed E-state index contributed by atoms with van der Waals surface area (Å²) in [4.78, 5) is 25.7. The van der Waals surface area contributed by atoms with Crippen molar-refractivity contribution in [2.75, 3.05) is 0 Å². The summed E-state index contributed by atoms with van der Waals surface area (Å²) in [6, 6.07) is 14.6. The van der Waals surface area contributed by atoms with Crippen LogP contribution in [-0.4, -0.2) is 16.3 Å². The van der Waals surface area contributed by atoms with Crippen molar-refractivity contribution in [3.05, 3.63) is 64.4 Å². The molecule has 0 saturated carbocycles. The van der Waals surface area contributed by atoms with Gasteiger partial charge in [0.25, 0.3) is 11.5 Å². The molecule has 1 amide bonds. The van der Waals surface area contributed by atoms with Crippen molar-refractivity contribution < 1.29 is 9.21 Å². The molecule has 5 nitrogen and oxygen atoms in total. The molecule has 29 heavy (non-hydrogen) atoms. The minimum atomic E-state index is -0.140. The highest BCUT2D eigenvalue weighted by Crippen LogP contribution is 2.23. The lowest BCUT2D eigenvalue weighted by Gasteiger charge is -2.13. The molecule has 150 valence electrons. The van der Waals surface area contributed by atoms with Crippen LogP contribution in [-0.2, 0) is 0 Å². The predicted octanol–water partition coefficient (Wildman–Crippen LogP) is 5.29. The van der Waals surface area contributed by atoms with Crippen LogP contribution in [0.4, 0.5) is 0 Å². The van der Waals surface area contributed by atoms with Crippen LogP contribution in [0.3, 0.4) is 0 Å². The third-order valence-corrected chi connectivity index (χ3v) is 5.44. The Labute approximate surface area is 169 Å². The van der Waals surface area contributed by atoms with Gasteiger partial charge in [0.1, 0.15) is 0 Å². The van der Waals surface area contributed by atoms with E-state index in [0.29, 0.717) is 27.8 Å². The van der Waals surface area contributed by atoms with Gasteiger partial charge in [0, 0.05) is 23.1 Å². The zero-order chi connectivity index (χ0) is 20.4. The second-order valence-corrected chi connectivity index (χ2v) is 7.72. The molecule has 0 radical (unpaired) electrons. The molecule has 2 aromatic carbocycles. The number of rotatable bonds is 7. The van der Waals surface area contributed by atoms with Crippen molar-refractivity contribution in [1.82, 2.24) is 9.72 Å². The smallest absolute Gasteiger partial charge is 0.265 e. The summed E-state index contributed by atoms with van der Waals surface area (Å²) in [6.45, 7) is 4.22. The van der Waals surface area contributed by atoms with Crippen LogP contribution in [0.15, 0.2) is 57.7 Å². The first-order chi connectivity index (χ1) is 14.1. The maximum atomic E-state index is 13.0. The minimum Gasteiger partial charge on any atom is -0.438 e. The average Bonchev–Trinajstić information content (AvgIpc) is 3.09. The Balaban J connectivity index is 1.65. The molecule has 0 spiro atoms. The molecule has 5 heteroatoms. The van der Waals surface area contributed by atoms with Gasteiger partial charge in [-0.25, -0.2) is 4.40 Å². The molecule has 4 rings (SSSR count). The van der Waals surface area contributed by atoms with E-state index in [0.717, 1.165) is 18.2 Å². The number of aromatic nitrogens is 1. The van der Waals surface area contributed by atoms with Crippen LogP contribution >= 0.6 is 0 Å².